The molecule has 0 aliphatic carbocycles. The highest BCUT2D eigenvalue weighted by atomic mass is 14.7. The standard InChI is InChI=1S/C14H26N4/c1-9-10(2)13(17)14(18)12(6-4-8-16)11(9)5-3-7-15/h3-8,15-18H2,1-2H3. The zero-order valence-corrected chi connectivity index (χ0v) is 11.6. The van der Waals surface area contributed by atoms with Crippen molar-refractivity contribution in [3.8, 4) is 0 Å². The Kier molecular flexibility index (Phi) is 5.44. The molecule has 0 aromatic heterocycles. The van der Waals surface area contributed by atoms with Crippen LogP contribution in [-0.2, 0) is 12.8 Å². The number of anilines is 2. The summed E-state index contributed by atoms with van der Waals surface area (Å²) in [4.78, 5) is 0. The van der Waals surface area contributed by atoms with E-state index in [1.165, 1.54) is 16.7 Å². The molecule has 0 aliphatic heterocycles. The summed E-state index contributed by atoms with van der Waals surface area (Å²) >= 11 is 0. The summed E-state index contributed by atoms with van der Waals surface area (Å²) in [6.45, 7) is 5.50. The number of benzene rings is 1. The predicted molar refractivity (Wildman–Crippen MR) is 79.5 cm³/mol. The third-order valence-electron chi connectivity index (χ3n) is 3.66. The molecule has 102 valence electrons. The van der Waals surface area contributed by atoms with Gasteiger partial charge < -0.3 is 22.9 Å². The molecule has 0 bridgehead atoms. The lowest BCUT2D eigenvalue weighted by molar-refractivity contribution is 0.788. The summed E-state index contributed by atoms with van der Waals surface area (Å²) in [5.74, 6) is 0. The molecule has 1 rings (SSSR count). The van der Waals surface area contributed by atoms with Gasteiger partial charge in [-0.15, -0.1) is 0 Å². The van der Waals surface area contributed by atoms with Crippen molar-refractivity contribution in [2.24, 2.45) is 11.5 Å². The SMILES string of the molecule is Cc1c(C)c(CCCN)c(CCCN)c(N)c1N. The Bertz CT molecular complexity index is 374. The predicted octanol–water partition coefficient (Wildman–Crippen LogP) is 1.25. The van der Waals surface area contributed by atoms with E-state index in [1.807, 2.05) is 6.92 Å². The minimum Gasteiger partial charge on any atom is -0.397 e. The maximum Gasteiger partial charge on any atom is 0.0586 e. The van der Waals surface area contributed by atoms with Crippen LogP contribution in [-0.4, -0.2) is 13.1 Å². The van der Waals surface area contributed by atoms with Gasteiger partial charge in [-0.25, -0.2) is 0 Å². The summed E-state index contributed by atoms with van der Waals surface area (Å²) in [5, 5.41) is 0. The first-order valence-corrected chi connectivity index (χ1v) is 6.60. The van der Waals surface area contributed by atoms with Gasteiger partial charge in [-0.05, 0) is 74.9 Å². The van der Waals surface area contributed by atoms with Crippen LogP contribution in [0.3, 0.4) is 0 Å². The van der Waals surface area contributed by atoms with Crippen LogP contribution in [0, 0.1) is 13.8 Å². The second-order valence-electron chi connectivity index (χ2n) is 4.82. The maximum atomic E-state index is 6.17. The summed E-state index contributed by atoms with van der Waals surface area (Å²) in [7, 11) is 0. The van der Waals surface area contributed by atoms with Crippen LogP contribution in [0.1, 0.15) is 35.1 Å². The van der Waals surface area contributed by atoms with Crippen molar-refractivity contribution in [3.63, 3.8) is 0 Å². The minimum atomic E-state index is 0.669. The summed E-state index contributed by atoms with van der Waals surface area (Å²) < 4.78 is 0. The average Bonchev–Trinajstić information content (AvgIpc) is 2.38. The first kappa shape index (κ1) is 14.8. The van der Waals surface area contributed by atoms with Gasteiger partial charge in [-0.2, -0.15) is 0 Å². The first-order chi connectivity index (χ1) is 8.54. The lowest BCUT2D eigenvalue weighted by Crippen LogP contribution is -2.12. The Morgan fingerprint density at radius 2 is 1.22 bits per heavy atom. The smallest absolute Gasteiger partial charge is 0.0586 e. The first-order valence-electron chi connectivity index (χ1n) is 6.60. The molecule has 4 heteroatoms. The molecular formula is C14H26N4. The third-order valence-corrected chi connectivity index (χ3v) is 3.66. The number of hydrogen-bond donors (Lipinski definition) is 4. The highest BCUT2D eigenvalue weighted by molar-refractivity contribution is 5.75. The van der Waals surface area contributed by atoms with E-state index < -0.39 is 0 Å². The lowest BCUT2D eigenvalue weighted by atomic mass is 9.89. The number of hydrogen-bond acceptors (Lipinski definition) is 4. The molecule has 0 amide bonds. The van der Waals surface area contributed by atoms with E-state index in [9.17, 15) is 0 Å². The van der Waals surface area contributed by atoms with Crippen molar-refractivity contribution in [3.05, 3.63) is 22.3 Å². The Hall–Kier alpha value is -1.26. The van der Waals surface area contributed by atoms with Gasteiger partial charge in [0.25, 0.3) is 0 Å². The van der Waals surface area contributed by atoms with Crippen molar-refractivity contribution in [1.29, 1.82) is 0 Å². The molecule has 0 atom stereocenters. The molecule has 18 heavy (non-hydrogen) atoms. The minimum absolute atomic E-state index is 0.669. The quantitative estimate of drug-likeness (QED) is 0.570. The fourth-order valence-electron chi connectivity index (χ4n) is 2.36. The Balaban J connectivity index is 3.24. The van der Waals surface area contributed by atoms with Crippen LogP contribution in [0.5, 0.6) is 0 Å². The van der Waals surface area contributed by atoms with Crippen molar-refractivity contribution in [2.75, 3.05) is 24.6 Å². The van der Waals surface area contributed by atoms with Crippen molar-refractivity contribution < 1.29 is 0 Å². The van der Waals surface area contributed by atoms with Crippen LogP contribution in [0.15, 0.2) is 0 Å². The molecule has 8 N–H and O–H groups in total. The molecule has 0 fully saturated rings. The van der Waals surface area contributed by atoms with Crippen LogP contribution < -0.4 is 22.9 Å². The normalized spacial score (nSPS) is 10.9. The summed E-state index contributed by atoms with van der Waals surface area (Å²) in [6.07, 6.45) is 3.77. The van der Waals surface area contributed by atoms with Crippen molar-refractivity contribution in [2.45, 2.75) is 39.5 Å². The van der Waals surface area contributed by atoms with E-state index in [0.29, 0.717) is 13.1 Å². The van der Waals surface area contributed by atoms with Crippen LogP contribution in [0.2, 0.25) is 0 Å². The van der Waals surface area contributed by atoms with Gasteiger partial charge in [-0.1, -0.05) is 0 Å². The molecule has 4 nitrogen and oxygen atoms in total. The van der Waals surface area contributed by atoms with E-state index in [-0.39, 0.29) is 0 Å². The van der Waals surface area contributed by atoms with Crippen molar-refractivity contribution in [1.82, 2.24) is 0 Å². The molecular weight excluding hydrogens is 224 g/mol. The zero-order chi connectivity index (χ0) is 13.7. The molecule has 1 aromatic carbocycles. The zero-order valence-electron chi connectivity index (χ0n) is 11.6. The molecule has 1 aromatic rings. The summed E-state index contributed by atoms with van der Waals surface area (Å²) in [6, 6.07) is 0. The van der Waals surface area contributed by atoms with Crippen LogP contribution >= 0.6 is 0 Å². The second-order valence-corrected chi connectivity index (χ2v) is 4.82. The molecule has 0 unspecified atom stereocenters. The highest BCUT2D eigenvalue weighted by Gasteiger charge is 2.15. The monoisotopic (exact) mass is 250 g/mol. The molecule has 0 aliphatic rings. The number of rotatable bonds is 6. The Labute approximate surface area is 110 Å². The third kappa shape index (κ3) is 2.94. The Morgan fingerprint density at radius 1 is 0.722 bits per heavy atom. The van der Waals surface area contributed by atoms with Crippen LogP contribution in [0.25, 0.3) is 0 Å². The topological polar surface area (TPSA) is 104 Å². The van der Waals surface area contributed by atoms with E-state index >= 15 is 0 Å². The van der Waals surface area contributed by atoms with E-state index in [1.54, 1.807) is 0 Å². The van der Waals surface area contributed by atoms with Gasteiger partial charge in [0, 0.05) is 0 Å². The van der Waals surface area contributed by atoms with Crippen LogP contribution in [0.4, 0.5) is 11.4 Å². The largest absolute Gasteiger partial charge is 0.397 e. The van der Waals surface area contributed by atoms with Gasteiger partial charge >= 0.3 is 0 Å². The molecule has 0 spiro atoms. The number of nitrogens with two attached hydrogens (primary N) is 4. The van der Waals surface area contributed by atoms with Gasteiger partial charge in [-0.3, -0.25) is 0 Å². The average molecular weight is 250 g/mol. The second kappa shape index (κ2) is 6.61. The van der Waals surface area contributed by atoms with Gasteiger partial charge in [0.15, 0.2) is 0 Å². The molecule has 0 saturated heterocycles. The fourth-order valence-corrected chi connectivity index (χ4v) is 2.36. The fraction of sp³-hybridized carbons (Fsp3) is 0.571. The van der Waals surface area contributed by atoms with Gasteiger partial charge in [0.2, 0.25) is 0 Å². The van der Waals surface area contributed by atoms with E-state index in [0.717, 1.165) is 42.6 Å². The molecule has 0 radical (unpaired) electrons. The number of nitrogen functional groups attached to an aromatic ring is 2. The highest BCUT2D eigenvalue weighted by Crippen LogP contribution is 2.33. The van der Waals surface area contributed by atoms with Gasteiger partial charge in [0.05, 0.1) is 11.4 Å². The van der Waals surface area contributed by atoms with E-state index in [2.05, 4.69) is 6.92 Å². The van der Waals surface area contributed by atoms with Crippen molar-refractivity contribution >= 4 is 11.4 Å². The van der Waals surface area contributed by atoms with E-state index in [4.69, 9.17) is 22.9 Å². The Morgan fingerprint density at radius 3 is 1.72 bits per heavy atom. The molecule has 0 saturated carbocycles. The van der Waals surface area contributed by atoms with Gasteiger partial charge in [0.1, 0.15) is 0 Å². The molecule has 0 heterocycles. The summed E-state index contributed by atoms with van der Waals surface area (Å²) in [5.41, 5.74) is 29.7. The maximum absolute atomic E-state index is 6.17. The lowest BCUT2D eigenvalue weighted by Gasteiger charge is -2.20.